The molecule has 1 rings (SSSR count). The molecule has 6 heteroatoms. The molecule has 0 fully saturated rings. The van der Waals surface area contributed by atoms with E-state index in [0.717, 1.165) is 19.5 Å². The average Bonchev–Trinajstić information content (AvgIpc) is 2.75. The molecule has 1 aromatic rings. The van der Waals surface area contributed by atoms with Crippen molar-refractivity contribution < 1.29 is 14.1 Å². The first kappa shape index (κ1) is 11.6. The van der Waals surface area contributed by atoms with E-state index in [9.17, 15) is 4.79 Å². The van der Waals surface area contributed by atoms with Crippen molar-refractivity contribution in [2.75, 3.05) is 20.2 Å². The molecule has 0 bridgehead atoms. The van der Waals surface area contributed by atoms with Crippen LogP contribution in [0.4, 0.5) is 0 Å². The molecule has 0 radical (unpaired) electrons. The molecule has 1 aromatic heterocycles. The van der Waals surface area contributed by atoms with E-state index in [4.69, 9.17) is 4.52 Å². The van der Waals surface area contributed by atoms with E-state index in [1.165, 1.54) is 13.4 Å². The molecule has 0 unspecified atom stereocenters. The van der Waals surface area contributed by atoms with Gasteiger partial charge in [-0.25, -0.2) is 0 Å². The van der Waals surface area contributed by atoms with E-state index in [2.05, 4.69) is 20.2 Å². The maximum absolute atomic E-state index is 10.7. The number of esters is 1. The molecule has 0 atom stereocenters. The lowest BCUT2D eigenvalue weighted by Crippen LogP contribution is -2.19. The van der Waals surface area contributed by atoms with Crippen LogP contribution in [0.15, 0.2) is 10.9 Å². The number of methoxy groups -OCH3 is 1. The second-order valence-corrected chi connectivity index (χ2v) is 3.01. The number of carbonyl (C=O) groups is 1. The van der Waals surface area contributed by atoms with Crippen LogP contribution < -0.4 is 5.32 Å². The zero-order valence-electron chi connectivity index (χ0n) is 8.73. The molecular weight excluding hydrogens is 198 g/mol. The molecule has 0 amide bonds. The highest BCUT2D eigenvalue weighted by molar-refractivity contribution is 5.68. The summed E-state index contributed by atoms with van der Waals surface area (Å²) in [7, 11) is 1.39. The standard InChI is InChI=1S/C9H15N3O3/c1-14-9(13)3-2-5-10-6-4-8-11-7-12-15-8/h7,10H,2-6H2,1H3. The summed E-state index contributed by atoms with van der Waals surface area (Å²) < 4.78 is 9.34. The highest BCUT2D eigenvalue weighted by atomic mass is 16.5. The zero-order chi connectivity index (χ0) is 10.9. The Hall–Kier alpha value is -1.43. The third-order valence-corrected chi connectivity index (χ3v) is 1.88. The van der Waals surface area contributed by atoms with Gasteiger partial charge in [-0.15, -0.1) is 0 Å². The summed E-state index contributed by atoms with van der Waals surface area (Å²) >= 11 is 0. The summed E-state index contributed by atoms with van der Waals surface area (Å²) in [5, 5.41) is 6.66. The van der Waals surface area contributed by atoms with Gasteiger partial charge in [0.15, 0.2) is 6.33 Å². The van der Waals surface area contributed by atoms with Gasteiger partial charge in [-0.1, -0.05) is 5.16 Å². The Kier molecular flexibility index (Phi) is 5.39. The maximum atomic E-state index is 10.7. The van der Waals surface area contributed by atoms with Crippen molar-refractivity contribution in [1.29, 1.82) is 0 Å². The van der Waals surface area contributed by atoms with Crippen LogP contribution in [0.5, 0.6) is 0 Å². The third kappa shape index (κ3) is 5.11. The van der Waals surface area contributed by atoms with Crippen LogP contribution in [0.25, 0.3) is 0 Å². The van der Waals surface area contributed by atoms with Crippen molar-refractivity contribution >= 4 is 5.97 Å². The molecule has 15 heavy (non-hydrogen) atoms. The fourth-order valence-corrected chi connectivity index (χ4v) is 1.09. The average molecular weight is 213 g/mol. The van der Waals surface area contributed by atoms with E-state index in [1.807, 2.05) is 0 Å². The highest BCUT2D eigenvalue weighted by Gasteiger charge is 2.00. The first-order chi connectivity index (χ1) is 7.33. The lowest BCUT2D eigenvalue weighted by molar-refractivity contribution is -0.140. The Morgan fingerprint density at radius 1 is 1.60 bits per heavy atom. The van der Waals surface area contributed by atoms with Gasteiger partial charge < -0.3 is 14.6 Å². The van der Waals surface area contributed by atoms with Gasteiger partial charge >= 0.3 is 5.97 Å². The van der Waals surface area contributed by atoms with Gasteiger partial charge in [0.25, 0.3) is 0 Å². The first-order valence-electron chi connectivity index (χ1n) is 4.86. The van der Waals surface area contributed by atoms with Crippen LogP contribution in [0, 0.1) is 0 Å². The van der Waals surface area contributed by atoms with Crippen molar-refractivity contribution in [1.82, 2.24) is 15.5 Å². The summed E-state index contributed by atoms with van der Waals surface area (Å²) in [6.45, 7) is 1.55. The fraction of sp³-hybridized carbons (Fsp3) is 0.667. The number of nitrogens with one attached hydrogen (secondary N) is 1. The van der Waals surface area contributed by atoms with Gasteiger partial charge in [0.2, 0.25) is 5.89 Å². The molecule has 0 saturated heterocycles. The fourth-order valence-electron chi connectivity index (χ4n) is 1.09. The smallest absolute Gasteiger partial charge is 0.305 e. The summed E-state index contributed by atoms with van der Waals surface area (Å²) in [4.78, 5) is 14.6. The van der Waals surface area contributed by atoms with E-state index >= 15 is 0 Å². The monoisotopic (exact) mass is 213 g/mol. The second-order valence-electron chi connectivity index (χ2n) is 3.01. The number of carbonyl (C=O) groups excluding carboxylic acids is 1. The summed E-state index contributed by atoms with van der Waals surface area (Å²) in [5.74, 6) is 0.448. The first-order valence-corrected chi connectivity index (χ1v) is 4.86. The molecule has 84 valence electrons. The molecule has 0 aromatic carbocycles. The molecule has 1 N–H and O–H groups in total. The van der Waals surface area contributed by atoms with E-state index in [1.54, 1.807) is 0 Å². The van der Waals surface area contributed by atoms with Crippen LogP contribution >= 0.6 is 0 Å². The highest BCUT2D eigenvalue weighted by Crippen LogP contribution is 1.92. The molecule has 0 aliphatic rings. The number of hydrogen-bond acceptors (Lipinski definition) is 6. The van der Waals surface area contributed by atoms with E-state index in [-0.39, 0.29) is 5.97 Å². The Morgan fingerprint density at radius 3 is 3.13 bits per heavy atom. The lowest BCUT2D eigenvalue weighted by Gasteiger charge is -2.01. The van der Waals surface area contributed by atoms with Gasteiger partial charge in [-0.05, 0) is 13.0 Å². The number of ether oxygens (including phenoxy) is 1. The zero-order valence-corrected chi connectivity index (χ0v) is 8.73. The summed E-state index contributed by atoms with van der Waals surface area (Å²) in [5.41, 5.74) is 0. The van der Waals surface area contributed by atoms with Crippen LogP contribution in [-0.4, -0.2) is 36.3 Å². The Morgan fingerprint density at radius 2 is 2.47 bits per heavy atom. The van der Waals surface area contributed by atoms with E-state index < -0.39 is 0 Å². The predicted molar refractivity (Wildman–Crippen MR) is 52.1 cm³/mol. The minimum absolute atomic E-state index is 0.172. The number of nitrogens with zero attached hydrogens (tertiary/aromatic N) is 2. The van der Waals surface area contributed by atoms with Crippen molar-refractivity contribution in [3.8, 4) is 0 Å². The molecule has 0 spiro atoms. The van der Waals surface area contributed by atoms with Crippen LogP contribution in [0.2, 0.25) is 0 Å². The SMILES string of the molecule is COC(=O)CCCNCCc1ncno1. The Labute approximate surface area is 88.0 Å². The van der Waals surface area contributed by atoms with Gasteiger partial charge in [0.05, 0.1) is 7.11 Å². The van der Waals surface area contributed by atoms with Crippen LogP contribution in [0.1, 0.15) is 18.7 Å². The molecule has 1 heterocycles. The van der Waals surface area contributed by atoms with Crippen LogP contribution in [0.3, 0.4) is 0 Å². The third-order valence-electron chi connectivity index (χ3n) is 1.88. The molecule has 0 saturated carbocycles. The van der Waals surface area contributed by atoms with Crippen molar-refractivity contribution in [2.45, 2.75) is 19.3 Å². The number of aromatic nitrogens is 2. The van der Waals surface area contributed by atoms with Gasteiger partial charge in [0.1, 0.15) is 0 Å². The normalized spacial score (nSPS) is 10.2. The van der Waals surface area contributed by atoms with Gasteiger partial charge in [0, 0.05) is 19.4 Å². The summed E-state index contributed by atoms with van der Waals surface area (Å²) in [6, 6.07) is 0. The van der Waals surface area contributed by atoms with Crippen LogP contribution in [-0.2, 0) is 16.0 Å². The van der Waals surface area contributed by atoms with Crippen molar-refractivity contribution in [3.63, 3.8) is 0 Å². The van der Waals surface area contributed by atoms with E-state index in [0.29, 0.717) is 18.7 Å². The van der Waals surface area contributed by atoms with Gasteiger partial charge in [-0.3, -0.25) is 4.79 Å². The molecule has 0 aliphatic heterocycles. The second kappa shape index (κ2) is 6.94. The maximum Gasteiger partial charge on any atom is 0.305 e. The van der Waals surface area contributed by atoms with Crippen molar-refractivity contribution in [3.05, 3.63) is 12.2 Å². The number of rotatable bonds is 7. The number of hydrogen-bond donors (Lipinski definition) is 1. The van der Waals surface area contributed by atoms with Crippen molar-refractivity contribution in [2.24, 2.45) is 0 Å². The molecule has 0 aliphatic carbocycles. The Balaban J connectivity index is 1.91. The Bertz CT molecular complexity index is 274. The largest absolute Gasteiger partial charge is 0.469 e. The van der Waals surface area contributed by atoms with Gasteiger partial charge in [-0.2, -0.15) is 4.98 Å². The lowest BCUT2D eigenvalue weighted by atomic mass is 10.3. The molecular formula is C9H15N3O3. The quantitative estimate of drug-likeness (QED) is 0.513. The minimum atomic E-state index is -0.172. The molecule has 6 nitrogen and oxygen atoms in total. The minimum Gasteiger partial charge on any atom is -0.469 e. The topological polar surface area (TPSA) is 77.2 Å². The summed E-state index contributed by atoms with van der Waals surface area (Å²) in [6.07, 6.45) is 3.31. The predicted octanol–water partition coefficient (Wildman–Crippen LogP) is 0.155.